The van der Waals surface area contributed by atoms with E-state index in [0.717, 1.165) is 0 Å². The van der Waals surface area contributed by atoms with Crippen molar-refractivity contribution in [1.29, 1.82) is 0 Å². The van der Waals surface area contributed by atoms with Crippen molar-refractivity contribution in [3.05, 3.63) is 59.7 Å². The van der Waals surface area contributed by atoms with Gasteiger partial charge in [0.2, 0.25) is 0 Å². The molecule has 2 aromatic carbocycles. The monoisotopic (exact) mass is 309 g/mol. The molecule has 1 fully saturated rings. The molecule has 118 valence electrons. The van der Waals surface area contributed by atoms with Crippen LogP contribution >= 0.6 is 0 Å². The highest BCUT2D eigenvalue weighted by molar-refractivity contribution is 5.79. The molecule has 4 rings (SSSR count). The van der Waals surface area contributed by atoms with Crippen molar-refractivity contribution in [3.63, 3.8) is 0 Å². The van der Waals surface area contributed by atoms with Crippen molar-refractivity contribution in [2.24, 2.45) is 5.92 Å². The topological polar surface area (TPSA) is 49.8 Å². The van der Waals surface area contributed by atoms with Gasteiger partial charge in [-0.1, -0.05) is 48.5 Å². The number of rotatable bonds is 3. The highest BCUT2D eigenvalue weighted by atomic mass is 16.6. The lowest BCUT2D eigenvalue weighted by atomic mass is 9.98. The van der Waals surface area contributed by atoms with E-state index < -0.39 is 0 Å². The van der Waals surface area contributed by atoms with Gasteiger partial charge < -0.3 is 14.7 Å². The summed E-state index contributed by atoms with van der Waals surface area (Å²) in [6, 6.07) is 16.6. The number of carbonyl (C=O) groups excluding carboxylic acids is 1. The Hall–Kier alpha value is -2.33. The minimum Gasteiger partial charge on any atom is -0.448 e. The van der Waals surface area contributed by atoms with Crippen LogP contribution in [-0.4, -0.2) is 42.4 Å². The Bertz CT molecular complexity index is 691. The van der Waals surface area contributed by atoms with Crippen molar-refractivity contribution in [3.8, 4) is 11.1 Å². The Morgan fingerprint density at radius 2 is 1.61 bits per heavy atom. The number of hydrogen-bond donors (Lipinski definition) is 1. The van der Waals surface area contributed by atoms with Crippen LogP contribution in [0, 0.1) is 5.92 Å². The van der Waals surface area contributed by atoms with E-state index in [9.17, 15) is 4.79 Å². The lowest BCUT2D eigenvalue weighted by Gasteiger charge is -2.37. The Kier molecular flexibility index (Phi) is 3.54. The van der Waals surface area contributed by atoms with Crippen LogP contribution in [0.4, 0.5) is 4.79 Å². The van der Waals surface area contributed by atoms with E-state index in [0.29, 0.717) is 19.7 Å². The summed E-state index contributed by atoms with van der Waals surface area (Å²) >= 11 is 0. The number of carbonyl (C=O) groups is 1. The van der Waals surface area contributed by atoms with Crippen molar-refractivity contribution in [2.75, 3.05) is 26.3 Å². The van der Waals surface area contributed by atoms with E-state index in [1.165, 1.54) is 22.3 Å². The summed E-state index contributed by atoms with van der Waals surface area (Å²) in [4.78, 5) is 13.7. The van der Waals surface area contributed by atoms with E-state index in [-0.39, 0.29) is 24.5 Å². The third kappa shape index (κ3) is 2.39. The second kappa shape index (κ2) is 5.70. The molecule has 1 saturated heterocycles. The molecule has 4 nitrogen and oxygen atoms in total. The summed E-state index contributed by atoms with van der Waals surface area (Å²) in [5.41, 5.74) is 4.90. The Morgan fingerprint density at radius 3 is 2.17 bits per heavy atom. The van der Waals surface area contributed by atoms with Crippen LogP contribution in [0.1, 0.15) is 17.0 Å². The van der Waals surface area contributed by atoms with Gasteiger partial charge in [0.15, 0.2) is 0 Å². The van der Waals surface area contributed by atoms with Gasteiger partial charge in [-0.3, -0.25) is 0 Å². The van der Waals surface area contributed by atoms with Gasteiger partial charge in [-0.05, 0) is 22.3 Å². The summed E-state index contributed by atoms with van der Waals surface area (Å²) in [7, 11) is 0. The van der Waals surface area contributed by atoms with Gasteiger partial charge in [-0.2, -0.15) is 0 Å². The Balaban J connectivity index is 1.50. The first-order valence-corrected chi connectivity index (χ1v) is 7.98. The Labute approximate surface area is 135 Å². The minimum atomic E-state index is -0.281. The zero-order valence-corrected chi connectivity index (χ0v) is 12.8. The molecule has 1 N–H and O–H groups in total. The molecule has 0 atom stereocenters. The van der Waals surface area contributed by atoms with E-state index in [1.807, 2.05) is 24.3 Å². The quantitative estimate of drug-likeness (QED) is 0.948. The smallest absolute Gasteiger partial charge is 0.409 e. The van der Waals surface area contributed by atoms with Gasteiger partial charge in [0.25, 0.3) is 0 Å². The number of aliphatic hydroxyl groups excluding tert-OH is 1. The van der Waals surface area contributed by atoms with Gasteiger partial charge in [0.1, 0.15) is 6.61 Å². The average molecular weight is 309 g/mol. The van der Waals surface area contributed by atoms with Crippen LogP contribution in [0.25, 0.3) is 11.1 Å². The lowest BCUT2D eigenvalue weighted by Crippen LogP contribution is -2.51. The molecule has 0 spiro atoms. The maximum Gasteiger partial charge on any atom is 0.409 e. The predicted octanol–water partition coefficient (Wildman–Crippen LogP) is 2.86. The second-order valence-corrected chi connectivity index (χ2v) is 6.26. The van der Waals surface area contributed by atoms with Crippen LogP contribution in [0.3, 0.4) is 0 Å². The molecule has 4 heteroatoms. The highest BCUT2D eigenvalue weighted by Gasteiger charge is 2.33. The highest BCUT2D eigenvalue weighted by Crippen LogP contribution is 2.44. The van der Waals surface area contributed by atoms with E-state index in [2.05, 4.69) is 24.3 Å². The van der Waals surface area contributed by atoms with E-state index in [4.69, 9.17) is 9.84 Å². The first kappa shape index (κ1) is 14.3. The van der Waals surface area contributed by atoms with Crippen molar-refractivity contribution in [1.82, 2.24) is 4.90 Å². The summed E-state index contributed by atoms with van der Waals surface area (Å²) < 4.78 is 5.54. The zero-order chi connectivity index (χ0) is 15.8. The molecule has 0 saturated carbocycles. The molecule has 2 aliphatic rings. The summed E-state index contributed by atoms with van der Waals surface area (Å²) in [5, 5.41) is 9.03. The third-order valence-corrected chi connectivity index (χ3v) is 4.81. The number of likely N-dealkylation sites (tertiary alicyclic amines) is 1. The van der Waals surface area contributed by atoms with Gasteiger partial charge in [-0.25, -0.2) is 4.79 Å². The minimum absolute atomic E-state index is 0.0984. The molecule has 1 aliphatic carbocycles. The predicted molar refractivity (Wildman–Crippen MR) is 87.2 cm³/mol. The molecular weight excluding hydrogens is 290 g/mol. The fraction of sp³-hybridized carbons (Fsp3) is 0.316. The molecule has 23 heavy (non-hydrogen) atoms. The molecule has 1 amide bonds. The molecule has 0 radical (unpaired) electrons. The third-order valence-electron chi connectivity index (χ3n) is 4.81. The maximum atomic E-state index is 12.1. The van der Waals surface area contributed by atoms with Gasteiger partial charge in [0, 0.05) is 31.5 Å². The Morgan fingerprint density at radius 1 is 1.04 bits per heavy atom. The molecule has 0 bridgehead atoms. The standard InChI is InChI=1S/C19H19NO3/c21-11-13-9-20(10-13)19(22)23-12-18-16-7-3-1-5-14(16)15-6-2-4-8-17(15)18/h1-8,13,18,21H,9-12H2. The largest absolute Gasteiger partial charge is 0.448 e. The van der Waals surface area contributed by atoms with Crippen LogP contribution in [0.5, 0.6) is 0 Å². The van der Waals surface area contributed by atoms with Crippen LogP contribution < -0.4 is 0 Å². The molecule has 0 aromatic heterocycles. The SMILES string of the molecule is O=C(OCC1c2ccccc2-c2ccccc21)N1CC(CO)C1. The summed E-state index contributed by atoms with van der Waals surface area (Å²) in [5.74, 6) is 0.303. The average Bonchev–Trinajstić information content (AvgIpc) is 2.86. The molecule has 1 aliphatic heterocycles. The van der Waals surface area contributed by atoms with E-state index in [1.54, 1.807) is 4.90 Å². The fourth-order valence-corrected chi connectivity index (χ4v) is 3.52. The number of aliphatic hydroxyl groups is 1. The number of nitrogens with zero attached hydrogens (tertiary/aromatic N) is 1. The second-order valence-electron chi connectivity index (χ2n) is 6.26. The molecule has 0 unspecified atom stereocenters. The first-order valence-electron chi connectivity index (χ1n) is 7.98. The van der Waals surface area contributed by atoms with Crippen molar-refractivity contribution >= 4 is 6.09 Å². The number of fused-ring (bicyclic) bond motifs is 3. The van der Waals surface area contributed by atoms with Gasteiger partial charge in [-0.15, -0.1) is 0 Å². The zero-order valence-electron chi connectivity index (χ0n) is 12.8. The van der Waals surface area contributed by atoms with E-state index >= 15 is 0 Å². The number of benzene rings is 2. The van der Waals surface area contributed by atoms with Crippen molar-refractivity contribution < 1.29 is 14.6 Å². The van der Waals surface area contributed by atoms with Gasteiger partial charge >= 0.3 is 6.09 Å². The van der Waals surface area contributed by atoms with Crippen LogP contribution in [0.2, 0.25) is 0 Å². The molecule has 1 heterocycles. The number of ether oxygens (including phenoxy) is 1. The van der Waals surface area contributed by atoms with Crippen molar-refractivity contribution in [2.45, 2.75) is 5.92 Å². The summed E-state index contributed by atoms with van der Waals surface area (Å²) in [6.07, 6.45) is -0.281. The van der Waals surface area contributed by atoms with Crippen LogP contribution in [-0.2, 0) is 4.74 Å². The fourth-order valence-electron chi connectivity index (χ4n) is 3.52. The number of hydrogen-bond acceptors (Lipinski definition) is 3. The normalized spacial score (nSPS) is 16.7. The maximum absolute atomic E-state index is 12.1. The molecule has 2 aromatic rings. The number of amides is 1. The first-order chi connectivity index (χ1) is 11.3. The molecular formula is C19H19NO3. The van der Waals surface area contributed by atoms with Gasteiger partial charge in [0.05, 0.1) is 0 Å². The summed E-state index contributed by atoms with van der Waals surface area (Å²) in [6.45, 7) is 1.67. The lowest BCUT2D eigenvalue weighted by molar-refractivity contribution is 0.0324. The van der Waals surface area contributed by atoms with Crippen LogP contribution in [0.15, 0.2) is 48.5 Å².